The Morgan fingerprint density at radius 1 is 1.12 bits per heavy atom. The van der Waals surface area contributed by atoms with Crippen LogP contribution in [-0.4, -0.2) is 4.98 Å². The van der Waals surface area contributed by atoms with Crippen LogP contribution in [0, 0.1) is 0 Å². The Morgan fingerprint density at radius 2 is 1.88 bits per heavy atom. The van der Waals surface area contributed by atoms with Gasteiger partial charge in [-0.15, -0.1) is 0 Å². The lowest BCUT2D eigenvalue weighted by atomic mass is 9.99. The molecule has 0 fully saturated rings. The SMILES string of the molecule is C/C=C(\c1ccc(Br)cc1)c1cccnc1. The van der Waals surface area contributed by atoms with E-state index in [0.29, 0.717) is 0 Å². The normalized spacial score (nSPS) is 11.5. The van der Waals surface area contributed by atoms with Gasteiger partial charge in [0.1, 0.15) is 0 Å². The molecule has 0 aliphatic rings. The van der Waals surface area contributed by atoms with E-state index >= 15 is 0 Å². The molecule has 1 heterocycles. The van der Waals surface area contributed by atoms with Gasteiger partial charge in [-0.05, 0) is 36.3 Å². The molecule has 2 aromatic rings. The molecule has 80 valence electrons. The topological polar surface area (TPSA) is 12.9 Å². The highest BCUT2D eigenvalue weighted by Crippen LogP contribution is 2.23. The largest absolute Gasteiger partial charge is 0.264 e. The summed E-state index contributed by atoms with van der Waals surface area (Å²) in [5, 5.41) is 0. The molecular weight excluding hydrogens is 262 g/mol. The second kappa shape index (κ2) is 5.08. The van der Waals surface area contributed by atoms with Gasteiger partial charge in [0.25, 0.3) is 0 Å². The minimum Gasteiger partial charge on any atom is -0.264 e. The molecule has 0 unspecified atom stereocenters. The molecule has 1 nitrogen and oxygen atoms in total. The number of nitrogens with zero attached hydrogens (tertiary/aromatic N) is 1. The fourth-order valence-electron chi connectivity index (χ4n) is 1.65. The lowest BCUT2D eigenvalue weighted by molar-refractivity contribution is 1.30. The molecule has 0 aliphatic carbocycles. The number of hydrogen-bond acceptors (Lipinski definition) is 1. The van der Waals surface area contributed by atoms with E-state index in [2.05, 4.69) is 57.3 Å². The van der Waals surface area contributed by atoms with Crippen LogP contribution in [0.3, 0.4) is 0 Å². The average molecular weight is 274 g/mol. The maximum absolute atomic E-state index is 4.15. The van der Waals surface area contributed by atoms with E-state index in [-0.39, 0.29) is 0 Å². The molecule has 0 bridgehead atoms. The van der Waals surface area contributed by atoms with Crippen LogP contribution in [0.2, 0.25) is 0 Å². The predicted molar refractivity (Wildman–Crippen MR) is 71.1 cm³/mol. The summed E-state index contributed by atoms with van der Waals surface area (Å²) in [5.41, 5.74) is 3.56. The van der Waals surface area contributed by atoms with Crippen molar-refractivity contribution in [3.63, 3.8) is 0 Å². The standard InChI is InChI=1S/C14H12BrN/c1-2-14(12-4-3-9-16-10-12)11-5-7-13(15)8-6-11/h2-10H,1H3/b14-2+. The van der Waals surface area contributed by atoms with Crippen molar-refractivity contribution in [1.82, 2.24) is 4.98 Å². The first kappa shape index (κ1) is 11.1. The van der Waals surface area contributed by atoms with Crippen molar-refractivity contribution in [2.45, 2.75) is 6.92 Å². The van der Waals surface area contributed by atoms with E-state index in [1.54, 1.807) is 6.20 Å². The van der Waals surface area contributed by atoms with Crippen LogP contribution in [0.25, 0.3) is 5.57 Å². The Morgan fingerprint density at radius 3 is 2.44 bits per heavy atom. The maximum atomic E-state index is 4.15. The Labute approximate surface area is 104 Å². The van der Waals surface area contributed by atoms with Gasteiger partial charge in [0.2, 0.25) is 0 Å². The van der Waals surface area contributed by atoms with Gasteiger partial charge in [-0.25, -0.2) is 0 Å². The molecule has 16 heavy (non-hydrogen) atoms. The molecule has 1 aromatic carbocycles. The zero-order valence-electron chi connectivity index (χ0n) is 9.02. The summed E-state index contributed by atoms with van der Waals surface area (Å²) in [5.74, 6) is 0. The molecule has 2 rings (SSSR count). The van der Waals surface area contributed by atoms with Crippen LogP contribution in [0.15, 0.2) is 59.3 Å². The number of pyridine rings is 1. The van der Waals surface area contributed by atoms with E-state index in [1.807, 2.05) is 19.2 Å². The summed E-state index contributed by atoms with van der Waals surface area (Å²) < 4.78 is 1.10. The van der Waals surface area contributed by atoms with Crippen LogP contribution >= 0.6 is 15.9 Å². The molecule has 0 spiro atoms. The molecular formula is C14H12BrN. The summed E-state index contributed by atoms with van der Waals surface area (Å²) >= 11 is 3.44. The maximum Gasteiger partial charge on any atom is 0.0346 e. The molecule has 0 atom stereocenters. The van der Waals surface area contributed by atoms with Gasteiger partial charge in [0, 0.05) is 22.4 Å². The quantitative estimate of drug-likeness (QED) is 0.795. The first-order valence-corrected chi connectivity index (χ1v) is 5.93. The summed E-state index contributed by atoms with van der Waals surface area (Å²) in [7, 11) is 0. The van der Waals surface area contributed by atoms with Gasteiger partial charge in [-0.2, -0.15) is 0 Å². The van der Waals surface area contributed by atoms with Gasteiger partial charge in [-0.3, -0.25) is 4.98 Å². The Balaban J connectivity index is 2.42. The average Bonchev–Trinajstić information content (AvgIpc) is 2.34. The zero-order chi connectivity index (χ0) is 11.4. The molecule has 0 saturated carbocycles. The summed E-state index contributed by atoms with van der Waals surface area (Å²) in [6.07, 6.45) is 5.79. The van der Waals surface area contributed by atoms with Crippen LogP contribution in [0.1, 0.15) is 18.1 Å². The van der Waals surface area contributed by atoms with Crippen molar-refractivity contribution in [1.29, 1.82) is 0 Å². The third-order valence-electron chi connectivity index (χ3n) is 2.42. The number of aromatic nitrogens is 1. The van der Waals surface area contributed by atoms with Crippen molar-refractivity contribution in [2.75, 3.05) is 0 Å². The van der Waals surface area contributed by atoms with Gasteiger partial charge in [0.15, 0.2) is 0 Å². The van der Waals surface area contributed by atoms with E-state index in [4.69, 9.17) is 0 Å². The highest BCUT2D eigenvalue weighted by molar-refractivity contribution is 9.10. The highest BCUT2D eigenvalue weighted by Gasteiger charge is 2.03. The van der Waals surface area contributed by atoms with Crippen molar-refractivity contribution in [2.24, 2.45) is 0 Å². The molecule has 0 saturated heterocycles. The first-order chi connectivity index (χ1) is 7.81. The van der Waals surface area contributed by atoms with Gasteiger partial charge in [-0.1, -0.05) is 40.2 Å². The highest BCUT2D eigenvalue weighted by atomic mass is 79.9. The van der Waals surface area contributed by atoms with Crippen molar-refractivity contribution in [3.05, 3.63) is 70.5 Å². The Hall–Kier alpha value is -1.41. The monoisotopic (exact) mass is 273 g/mol. The first-order valence-electron chi connectivity index (χ1n) is 5.14. The van der Waals surface area contributed by atoms with E-state index in [9.17, 15) is 0 Å². The Bertz CT molecular complexity index is 486. The van der Waals surface area contributed by atoms with E-state index in [0.717, 1.165) is 10.0 Å². The van der Waals surface area contributed by atoms with Crippen LogP contribution in [-0.2, 0) is 0 Å². The van der Waals surface area contributed by atoms with Gasteiger partial charge in [0.05, 0.1) is 0 Å². The molecule has 0 N–H and O–H groups in total. The van der Waals surface area contributed by atoms with E-state index < -0.39 is 0 Å². The molecule has 2 heteroatoms. The van der Waals surface area contributed by atoms with E-state index in [1.165, 1.54) is 11.1 Å². The second-order valence-electron chi connectivity index (χ2n) is 3.45. The lowest BCUT2D eigenvalue weighted by Crippen LogP contribution is -1.88. The van der Waals surface area contributed by atoms with Gasteiger partial charge < -0.3 is 0 Å². The van der Waals surface area contributed by atoms with Crippen molar-refractivity contribution >= 4 is 21.5 Å². The summed E-state index contributed by atoms with van der Waals surface area (Å²) in [4.78, 5) is 4.15. The van der Waals surface area contributed by atoms with Crippen molar-refractivity contribution < 1.29 is 0 Å². The summed E-state index contributed by atoms with van der Waals surface area (Å²) in [6.45, 7) is 2.05. The second-order valence-corrected chi connectivity index (χ2v) is 4.37. The fourth-order valence-corrected chi connectivity index (χ4v) is 1.92. The van der Waals surface area contributed by atoms with Crippen LogP contribution in [0.5, 0.6) is 0 Å². The van der Waals surface area contributed by atoms with Gasteiger partial charge >= 0.3 is 0 Å². The minimum absolute atomic E-state index is 1.10. The minimum atomic E-state index is 1.10. The smallest absolute Gasteiger partial charge is 0.0346 e. The number of benzene rings is 1. The molecule has 0 radical (unpaired) electrons. The third-order valence-corrected chi connectivity index (χ3v) is 2.95. The number of halogens is 1. The number of hydrogen-bond donors (Lipinski definition) is 0. The number of rotatable bonds is 2. The van der Waals surface area contributed by atoms with Crippen molar-refractivity contribution in [3.8, 4) is 0 Å². The van der Waals surface area contributed by atoms with Crippen LogP contribution < -0.4 is 0 Å². The fraction of sp³-hybridized carbons (Fsp3) is 0.0714. The summed E-state index contributed by atoms with van der Waals surface area (Å²) in [6, 6.07) is 12.3. The van der Waals surface area contributed by atoms with Crippen LogP contribution in [0.4, 0.5) is 0 Å². The molecule has 1 aromatic heterocycles. The Kier molecular flexibility index (Phi) is 3.52. The lowest BCUT2D eigenvalue weighted by Gasteiger charge is -2.07. The molecule has 0 amide bonds. The molecule has 0 aliphatic heterocycles. The third kappa shape index (κ3) is 2.39. The predicted octanol–water partition coefficient (Wildman–Crippen LogP) is 4.30. The zero-order valence-corrected chi connectivity index (χ0v) is 10.6. The number of allylic oxidation sites excluding steroid dienone is 1.